The largest absolute Gasteiger partial charge is 0.456 e. The van der Waals surface area contributed by atoms with Crippen molar-refractivity contribution in [3.8, 4) is 5.75 Å². The van der Waals surface area contributed by atoms with E-state index in [9.17, 15) is 14.4 Å². The Morgan fingerprint density at radius 3 is 2.71 bits per heavy atom. The predicted octanol–water partition coefficient (Wildman–Crippen LogP) is 4.91. The molecule has 11 heteroatoms. The number of nitrogens with two attached hydrogens (primary N) is 1. The zero-order valence-corrected chi connectivity index (χ0v) is 22.1. The van der Waals surface area contributed by atoms with Crippen molar-refractivity contribution in [1.82, 2.24) is 10.3 Å². The molecule has 4 N–H and O–H groups in total. The molecule has 1 aliphatic rings. The highest BCUT2D eigenvalue weighted by Gasteiger charge is 2.44. The summed E-state index contributed by atoms with van der Waals surface area (Å²) in [7, 11) is 0. The number of benzene rings is 2. The van der Waals surface area contributed by atoms with Gasteiger partial charge in [-0.05, 0) is 64.3 Å². The van der Waals surface area contributed by atoms with Crippen LogP contribution < -0.4 is 21.1 Å². The van der Waals surface area contributed by atoms with Crippen molar-refractivity contribution in [2.75, 3.05) is 12.1 Å². The standard InChI is InChI=1S/C27H26BrFN4O5/c1-2-22(34)18-7-8-20(29)24(19-11-21(19)32-27(36)33-23-9-6-17(28)13-31-23)25(18)37-14-38-26(35)16-5-3-4-15(10-16)12-30/h3-10,13,19,21H,2,11-12,14,30H2,1H3,(H2,31,32,33,36)/t19-,21+/m1/s1. The van der Waals surface area contributed by atoms with Crippen molar-refractivity contribution >= 4 is 39.5 Å². The lowest BCUT2D eigenvalue weighted by Crippen LogP contribution is -2.31. The van der Waals surface area contributed by atoms with Crippen LogP contribution in [-0.2, 0) is 11.3 Å². The highest BCUT2D eigenvalue weighted by atomic mass is 79.9. The predicted molar refractivity (Wildman–Crippen MR) is 142 cm³/mol. The summed E-state index contributed by atoms with van der Waals surface area (Å²) in [4.78, 5) is 41.6. The number of ether oxygens (including phenoxy) is 2. The van der Waals surface area contributed by atoms with Gasteiger partial charge >= 0.3 is 12.0 Å². The molecule has 2 aromatic carbocycles. The third-order valence-corrected chi connectivity index (χ3v) is 6.47. The highest BCUT2D eigenvalue weighted by molar-refractivity contribution is 9.10. The first-order valence-electron chi connectivity index (χ1n) is 11.9. The first-order valence-corrected chi connectivity index (χ1v) is 12.7. The molecular weight excluding hydrogens is 559 g/mol. The summed E-state index contributed by atoms with van der Waals surface area (Å²) in [6.07, 6.45) is 2.15. The van der Waals surface area contributed by atoms with E-state index < -0.39 is 36.6 Å². The minimum absolute atomic E-state index is 0.00430. The summed E-state index contributed by atoms with van der Waals surface area (Å²) in [5, 5.41) is 5.41. The normalized spacial score (nSPS) is 15.9. The zero-order chi connectivity index (χ0) is 27.2. The molecule has 1 aromatic heterocycles. The van der Waals surface area contributed by atoms with Gasteiger partial charge in [0.25, 0.3) is 0 Å². The molecular formula is C27H26BrFN4O5. The summed E-state index contributed by atoms with van der Waals surface area (Å²) < 4.78 is 26.8. The maximum absolute atomic E-state index is 15.1. The number of nitrogens with one attached hydrogen (secondary N) is 2. The summed E-state index contributed by atoms with van der Waals surface area (Å²) >= 11 is 3.28. The molecule has 2 atom stereocenters. The number of amides is 2. The Morgan fingerprint density at radius 2 is 2.00 bits per heavy atom. The maximum atomic E-state index is 15.1. The topological polar surface area (TPSA) is 133 Å². The van der Waals surface area contributed by atoms with Crippen molar-refractivity contribution in [1.29, 1.82) is 0 Å². The van der Waals surface area contributed by atoms with Crippen LogP contribution in [0.1, 0.15) is 57.5 Å². The van der Waals surface area contributed by atoms with Crippen LogP contribution in [0.2, 0.25) is 0 Å². The molecule has 1 fully saturated rings. The third-order valence-electron chi connectivity index (χ3n) is 6.00. The van der Waals surface area contributed by atoms with Crippen molar-refractivity contribution < 1.29 is 28.2 Å². The van der Waals surface area contributed by atoms with Crippen LogP contribution >= 0.6 is 15.9 Å². The number of aromatic nitrogens is 1. The molecule has 0 radical (unpaired) electrons. The lowest BCUT2D eigenvalue weighted by atomic mass is 10.00. The zero-order valence-electron chi connectivity index (χ0n) is 20.5. The molecule has 38 heavy (non-hydrogen) atoms. The molecule has 3 aromatic rings. The molecule has 9 nitrogen and oxygen atoms in total. The Labute approximate surface area is 227 Å². The number of esters is 1. The average molecular weight is 585 g/mol. The SMILES string of the molecule is CCC(=O)c1ccc(F)c([C@@H]2C[C@@H]2NC(=O)Nc2ccc(Br)cn2)c1OCOC(=O)c1cccc(CN)c1. The highest BCUT2D eigenvalue weighted by Crippen LogP contribution is 2.47. The monoisotopic (exact) mass is 584 g/mol. The number of pyridine rings is 1. The fourth-order valence-corrected chi connectivity index (χ4v) is 4.22. The maximum Gasteiger partial charge on any atom is 0.341 e. The van der Waals surface area contributed by atoms with Gasteiger partial charge in [0.2, 0.25) is 6.79 Å². The molecule has 1 heterocycles. The van der Waals surface area contributed by atoms with Gasteiger partial charge in [0, 0.05) is 41.2 Å². The summed E-state index contributed by atoms with van der Waals surface area (Å²) in [5.41, 5.74) is 7.00. The molecule has 198 valence electrons. The Bertz CT molecular complexity index is 1350. The number of ketones is 1. The van der Waals surface area contributed by atoms with Gasteiger partial charge in [0.15, 0.2) is 5.78 Å². The fraction of sp³-hybridized carbons (Fsp3) is 0.259. The van der Waals surface area contributed by atoms with E-state index in [2.05, 4.69) is 31.5 Å². The number of Topliss-reactive ketones (excluding diaryl/α,β-unsaturated/α-hetero) is 1. The molecule has 1 aliphatic carbocycles. The Hall–Kier alpha value is -3.83. The van der Waals surface area contributed by atoms with E-state index in [4.69, 9.17) is 15.2 Å². The van der Waals surface area contributed by atoms with Gasteiger partial charge in [0.05, 0.1) is 11.1 Å². The second kappa shape index (κ2) is 12.1. The number of anilines is 1. The van der Waals surface area contributed by atoms with Gasteiger partial charge in [-0.25, -0.2) is 19.0 Å². The Morgan fingerprint density at radius 1 is 1.18 bits per heavy atom. The van der Waals surface area contributed by atoms with Crippen LogP contribution in [0.3, 0.4) is 0 Å². The molecule has 0 aliphatic heterocycles. The lowest BCUT2D eigenvalue weighted by Gasteiger charge is -2.16. The minimum Gasteiger partial charge on any atom is -0.456 e. The smallest absolute Gasteiger partial charge is 0.341 e. The number of urea groups is 1. The molecule has 1 saturated carbocycles. The first kappa shape index (κ1) is 27.2. The van der Waals surface area contributed by atoms with E-state index in [-0.39, 0.29) is 35.6 Å². The molecule has 0 unspecified atom stereocenters. The Balaban J connectivity index is 1.47. The van der Waals surface area contributed by atoms with E-state index in [0.717, 1.165) is 10.0 Å². The van der Waals surface area contributed by atoms with Crippen LogP contribution in [0.5, 0.6) is 5.75 Å². The van der Waals surface area contributed by atoms with Crippen molar-refractivity contribution in [2.45, 2.75) is 38.3 Å². The quantitative estimate of drug-likeness (QED) is 0.175. The molecule has 0 bridgehead atoms. The van der Waals surface area contributed by atoms with Gasteiger partial charge in [0.1, 0.15) is 17.4 Å². The summed E-state index contributed by atoms with van der Waals surface area (Å²) in [6.45, 7) is 1.41. The van der Waals surface area contributed by atoms with Crippen LogP contribution in [-0.4, -0.2) is 35.6 Å². The lowest BCUT2D eigenvalue weighted by molar-refractivity contribution is 0.0148. The van der Waals surface area contributed by atoms with Gasteiger partial charge < -0.3 is 20.5 Å². The van der Waals surface area contributed by atoms with Crippen molar-refractivity contribution in [3.63, 3.8) is 0 Å². The number of rotatable bonds is 10. The second-order valence-corrected chi connectivity index (χ2v) is 9.54. The number of carbonyl (C=O) groups is 3. The number of halogens is 2. The minimum atomic E-state index is -0.647. The number of carbonyl (C=O) groups excluding carboxylic acids is 3. The van der Waals surface area contributed by atoms with Crippen molar-refractivity contribution in [2.24, 2.45) is 5.73 Å². The third kappa shape index (κ3) is 6.53. The Kier molecular flexibility index (Phi) is 8.70. The van der Waals surface area contributed by atoms with Crippen LogP contribution in [0, 0.1) is 5.82 Å². The van der Waals surface area contributed by atoms with Gasteiger partial charge in [-0.3, -0.25) is 10.1 Å². The number of hydrogen-bond donors (Lipinski definition) is 3. The summed E-state index contributed by atoms with van der Waals surface area (Å²) in [6, 6.07) is 11.7. The van der Waals surface area contributed by atoms with Gasteiger partial charge in [-0.1, -0.05) is 19.1 Å². The van der Waals surface area contributed by atoms with E-state index in [1.54, 1.807) is 49.5 Å². The summed E-state index contributed by atoms with van der Waals surface area (Å²) in [5.74, 6) is -1.57. The fourth-order valence-electron chi connectivity index (χ4n) is 3.98. The van der Waals surface area contributed by atoms with Crippen LogP contribution in [0.25, 0.3) is 0 Å². The van der Waals surface area contributed by atoms with E-state index in [0.29, 0.717) is 17.8 Å². The van der Waals surface area contributed by atoms with Gasteiger partial charge in [-0.15, -0.1) is 0 Å². The van der Waals surface area contributed by atoms with Crippen LogP contribution in [0.4, 0.5) is 15.0 Å². The molecule has 0 spiro atoms. The van der Waals surface area contributed by atoms with E-state index >= 15 is 4.39 Å². The average Bonchev–Trinajstić information content (AvgIpc) is 3.67. The number of nitrogens with zero attached hydrogens (tertiary/aromatic N) is 1. The van der Waals surface area contributed by atoms with Crippen LogP contribution in [0.15, 0.2) is 59.2 Å². The molecule has 2 amide bonds. The first-order chi connectivity index (χ1) is 18.3. The van der Waals surface area contributed by atoms with E-state index in [1.165, 1.54) is 12.1 Å². The second-order valence-electron chi connectivity index (χ2n) is 8.62. The molecule has 0 saturated heterocycles. The van der Waals surface area contributed by atoms with Crippen molar-refractivity contribution in [3.05, 3.63) is 87.3 Å². The van der Waals surface area contributed by atoms with E-state index in [1.807, 2.05) is 0 Å². The van der Waals surface area contributed by atoms with Gasteiger partial charge in [-0.2, -0.15) is 0 Å². The molecule has 4 rings (SSSR count). The number of hydrogen-bond acceptors (Lipinski definition) is 7.